The Kier molecular flexibility index (Phi) is 4.67. The minimum atomic E-state index is -0.297. The van der Waals surface area contributed by atoms with E-state index in [9.17, 15) is 4.79 Å². The van der Waals surface area contributed by atoms with E-state index in [1.807, 2.05) is 24.2 Å². The first-order chi connectivity index (χ1) is 14.2. The molecule has 5 rings (SSSR count). The third-order valence-corrected chi connectivity index (χ3v) is 7.10. The molecule has 0 atom stereocenters. The Bertz CT molecular complexity index is 1020. The van der Waals surface area contributed by atoms with Crippen LogP contribution in [-0.2, 0) is 23.3 Å². The summed E-state index contributed by atoms with van der Waals surface area (Å²) in [5.41, 5.74) is 2.55. The third kappa shape index (κ3) is 3.26. The highest BCUT2D eigenvalue weighted by Gasteiger charge is 2.43. The lowest BCUT2D eigenvalue weighted by Crippen LogP contribution is -2.48. The first kappa shape index (κ1) is 18.4. The molecule has 0 aliphatic carbocycles. The normalized spacial score (nSPS) is 18.0. The van der Waals surface area contributed by atoms with Crippen molar-refractivity contribution in [2.75, 3.05) is 19.7 Å². The van der Waals surface area contributed by atoms with Crippen LogP contribution in [-0.4, -0.2) is 50.3 Å². The first-order valence-corrected chi connectivity index (χ1v) is 10.9. The van der Waals surface area contributed by atoms with Crippen LogP contribution in [0.1, 0.15) is 40.6 Å². The summed E-state index contributed by atoms with van der Waals surface area (Å²) in [5, 5.41) is 4.23. The Morgan fingerprint density at radius 3 is 2.86 bits per heavy atom. The van der Waals surface area contributed by atoms with Crippen molar-refractivity contribution in [2.24, 2.45) is 0 Å². The van der Waals surface area contributed by atoms with Crippen molar-refractivity contribution in [3.05, 3.63) is 53.1 Å². The molecule has 1 fully saturated rings. The molecular weight excluding hydrogens is 386 g/mol. The molecule has 0 saturated carbocycles. The molecular formula is C21H23N5O2S. The summed E-state index contributed by atoms with van der Waals surface area (Å²) in [6.45, 7) is 4.88. The SMILES string of the molecule is CCn1cc(C(=O)N2CCC3(CC2)OCCc2sc(-c4cnccn4)cc23)cn1. The topological polar surface area (TPSA) is 73.1 Å². The van der Waals surface area contributed by atoms with Gasteiger partial charge in [0.15, 0.2) is 0 Å². The van der Waals surface area contributed by atoms with Crippen LogP contribution in [0.15, 0.2) is 37.1 Å². The number of thiophene rings is 1. The zero-order valence-electron chi connectivity index (χ0n) is 16.4. The number of fused-ring (bicyclic) bond motifs is 2. The van der Waals surface area contributed by atoms with E-state index in [1.54, 1.807) is 34.6 Å². The van der Waals surface area contributed by atoms with Gasteiger partial charge in [-0.3, -0.25) is 19.4 Å². The van der Waals surface area contributed by atoms with Crippen LogP contribution in [0.3, 0.4) is 0 Å². The lowest BCUT2D eigenvalue weighted by Gasteiger charge is -2.44. The van der Waals surface area contributed by atoms with Crippen molar-refractivity contribution in [3.8, 4) is 10.6 Å². The van der Waals surface area contributed by atoms with Crippen LogP contribution in [0.4, 0.5) is 0 Å². The van der Waals surface area contributed by atoms with Gasteiger partial charge < -0.3 is 9.64 Å². The van der Waals surface area contributed by atoms with Gasteiger partial charge in [0, 0.05) is 49.5 Å². The van der Waals surface area contributed by atoms with E-state index in [0.29, 0.717) is 18.7 Å². The van der Waals surface area contributed by atoms with E-state index < -0.39 is 0 Å². The number of rotatable bonds is 3. The molecule has 1 spiro atoms. The fraction of sp³-hybridized carbons (Fsp3) is 0.429. The molecule has 29 heavy (non-hydrogen) atoms. The molecule has 2 aliphatic rings. The largest absolute Gasteiger partial charge is 0.370 e. The standard InChI is InChI=1S/C21H23N5O2S/c1-2-26-14-15(12-24-26)20(27)25-8-4-21(5-9-25)16-11-19(17-13-22-6-7-23-17)29-18(16)3-10-28-21/h6-7,11-14H,2-5,8-10H2,1H3. The molecule has 2 aliphatic heterocycles. The van der Waals surface area contributed by atoms with Crippen LogP contribution in [0, 0.1) is 0 Å². The fourth-order valence-electron chi connectivity index (χ4n) is 4.28. The quantitative estimate of drug-likeness (QED) is 0.665. The van der Waals surface area contributed by atoms with E-state index >= 15 is 0 Å². The van der Waals surface area contributed by atoms with Gasteiger partial charge in [-0.05, 0) is 31.4 Å². The molecule has 0 unspecified atom stereocenters. The van der Waals surface area contributed by atoms with E-state index in [4.69, 9.17) is 4.74 Å². The lowest BCUT2D eigenvalue weighted by atomic mass is 9.82. The van der Waals surface area contributed by atoms with Crippen LogP contribution < -0.4 is 0 Å². The van der Waals surface area contributed by atoms with E-state index in [1.165, 1.54) is 10.4 Å². The van der Waals surface area contributed by atoms with E-state index in [2.05, 4.69) is 21.1 Å². The molecule has 1 saturated heterocycles. The van der Waals surface area contributed by atoms with Crippen LogP contribution in [0.25, 0.3) is 10.6 Å². The van der Waals surface area contributed by atoms with Gasteiger partial charge in [-0.15, -0.1) is 11.3 Å². The number of piperidine rings is 1. The molecule has 0 bridgehead atoms. The number of carbonyl (C=O) groups is 1. The van der Waals surface area contributed by atoms with Gasteiger partial charge in [0.05, 0.1) is 40.7 Å². The molecule has 5 heterocycles. The Morgan fingerprint density at radius 2 is 2.14 bits per heavy atom. The molecule has 1 amide bonds. The summed E-state index contributed by atoms with van der Waals surface area (Å²) in [6, 6.07) is 2.23. The minimum Gasteiger partial charge on any atom is -0.370 e. The van der Waals surface area contributed by atoms with Crippen molar-refractivity contribution in [1.82, 2.24) is 24.6 Å². The Morgan fingerprint density at radius 1 is 1.28 bits per heavy atom. The molecule has 3 aromatic rings. The average Bonchev–Trinajstić information content (AvgIpc) is 3.43. The summed E-state index contributed by atoms with van der Waals surface area (Å²) in [5.74, 6) is 0.0566. The van der Waals surface area contributed by atoms with Gasteiger partial charge in [0.25, 0.3) is 5.91 Å². The molecule has 150 valence electrons. The van der Waals surface area contributed by atoms with Gasteiger partial charge in [0.1, 0.15) is 0 Å². The molecule has 0 N–H and O–H groups in total. The predicted octanol–water partition coefficient (Wildman–Crippen LogP) is 3.13. The molecule has 0 radical (unpaired) electrons. The fourth-order valence-corrected chi connectivity index (χ4v) is 5.48. The maximum atomic E-state index is 12.9. The zero-order valence-corrected chi connectivity index (χ0v) is 17.2. The van der Waals surface area contributed by atoms with Crippen molar-refractivity contribution in [1.29, 1.82) is 0 Å². The van der Waals surface area contributed by atoms with Crippen molar-refractivity contribution < 1.29 is 9.53 Å². The number of carbonyl (C=O) groups excluding carboxylic acids is 1. The minimum absolute atomic E-state index is 0.0566. The van der Waals surface area contributed by atoms with Gasteiger partial charge in [0.2, 0.25) is 0 Å². The van der Waals surface area contributed by atoms with Crippen LogP contribution in [0.5, 0.6) is 0 Å². The van der Waals surface area contributed by atoms with E-state index in [0.717, 1.165) is 43.0 Å². The number of ether oxygens (including phenoxy) is 1. The van der Waals surface area contributed by atoms with E-state index in [-0.39, 0.29) is 11.5 Å². The summed E-state index contributed by atoms with van der Waals surface area (Å²) in [6.07, 6.45) is 11.3. The van der Waals surface area contributed by atoms with Gasteiger partial charge in [-0.1, -0.05) is 0 Å². The summed E-state index contributed by atoms with van der Waals surface area (Å²) < 4.78 is 8.14. The number of likely N-dealkylation sites (tertiary alicyclic amines) is 1. The Labute approximate surface area is 173 Å². The lowest BCUT2D eigenvalue weighted by molar-refractivity contribution is -0.0926. The highest BCUT2D eigenvalue weighted by Crippen LogP contribution is 2.46. The number of nitrogens with zero attached hydrogens (tertiary/aromatic N) is 5. The second-order valence-electron chi connectivity index (χ2n) is 7.51. The van der Waals surface area contributed by atoms with Crippen molar-refractivity contribution >= 4 is 17.2 Å². The molecule has 8 heteroatoms. The number of aromatic nitrogens is 4. The second-order valence-corrected chi connectivity index (χ2v) is 8.64. The Hall–Kier alpha value is -2.58. The van der Waals surface area contributed by atoms with Gasteiger partial charge >= 0.3 is 0 Å². The summed E-state index contributed by atoms with van der Waals surface area (Å²) in [4.78, 5) is 25.9. The average molecular weight is 410 g/mol. The monoisotopic (exact) mass is 409 g/mol. The smallest absolute Gasteiger partial charge is 0.257 e. The number of aryl methyl sites for hydroxylation is 1. The maximum absolute atomic E-state index is 12.9. The number of hydrogen-bond donors (Lipinski definition) is 0. The molecule has 7 nitrogen and oxygen atoms in total. The predicted molar refractivity (Wildman–Crippen MR) is 110 cm³/mol. The maximum Gasteiger partial charge on any atom is 0.257 e. The highest BCUT2D eigenvalue weighted by molar-refractivity contribution is 7.15. The van der Waals surface area contributed by atoms with Gasteiger partial charge in [-0.2, -0.15) is 5.10 Å². The Balaban J connectivity index is 1.36. The number of hydrogen-bond acceptors (Lipinski definition) is 6. The highest BCUT2D eigenvalue weighted by atomic mass is 32.1. The van der Waals surface area contributed by atoms with Crippen molar-refractivity contribution in [2.45, 2.75) is 38.3 Å². The summed E-state index contributed by atoms with van der Waals surface area (Å²) in [7, 11) is 0. The third-order valence-electron chi connectivity index (χ3n) is 5.89. The summed E-state index contributed by atoms with van der Waals surface area (Å²) >= 11 is 1.79. The second kappa shape index (κ2) is 7.35. The van der Waals surface area contributed by atoms with Crippen molar-refractivity contribution in [3.63, 3.8) is 0 Å². The number of amides is 1. The first-order valence-electron chi connectivity index (χ1n) is 10.0. The van der Waals surface area contributed by atoms with Crippen LogP contribution >= 0.6 is 11.3 Å². The zero-order chi connectivity index (χ0) is 19.8. The molecule has 3 aromatic heterocycles. The van der Waals surface area contributed by atoms with Gasteiger partial charge in [-0.25, -0.2) is 0 Å². The molecule has 0 aromatic carbocycles. The van der Waals surface area contributed by atoms with Crippen LogP contribution in [0.2, 0.25) is 0 Å².